The van der Waals surface area contributed by atoms with E-state index in [2.05, 4.69) is 43.5 Å². The number of allylic oxidation sites excluding steroid dienone is 5. The lowest BCUT2D eigenvalue weighted by molar-refractivity contribution is -0.143. The highest BCUT2D eigenvalue weighted by atomic mass is 16.5. The van der Waals surface area contributed by atoms with Gasteiger partial charge in [0.05, 0.1) is 25.4 Å². The number of unbranched alkanes of at least 4 members (excludes halogenated alkanes) is 53. The number of nitrogens with one attached hydrogen (secondary N) is 1. The molecule has 0 saturated carbocycles. The van der Waals surface area contributed by atoms with Crippen LogP contribution >= 0.6 is 0 Å². The van der Waals surface area contributed by atoms with E-state index in [1.807, 2.05) is 6.08 Å². The van der Waals surface area contributed by atoms with Crippen molar-refractivity contribution in [3.05, 3.63) is 36.5 Å². The summed E-state index contributed by atoms with van der Waals surface area (Å²) in [4.78, 5) is 24.6. The van der Waals surface area contributed by atoms with Crippen molar-refractivity contribution in [2.45, 2.75) is 405 Å². The summed E-state index contributed by atoms with van der Waals surface area (Å²) in [5.41, 5.74) is 0. The van der Waals surface area contributed by atoms with E-state index in [0.717, 1.165) is 77.0 Å². The minimum absolute atomic E-state index is 0.00854. The van der Waals surface area contributed by atoms with E-state index in [9.17, 15) is 19.8 Å². The van der Waals surface area contributed by atoms with Crippen molar-refractivity contribution in [1.29, 1.82) is 0 Å². The summed E-state index contributed by atoms with van der Waals surface area (Å²) < 4.78 is 5.48. The maximum Gasteiger partial charge on any atom is 0.305 e. The number of aliphatic hydroxyl groups excluding tert-OH is 2. The molecule has 0 heterocycles. The lowest BCUT2D eigenvalue weighted by Gasteiger charge is -2.20. The second kappa shape index (κ2) is 68.6. The molecule has 0 bridgehead atoms. The maximum absolute atomic E-state index is 12.5. The Kier molecular flexibility index (Phi) is 66.9. The van der Waals surface area contributed by atoms with Gasteiger partial charge >= 0.3 is 5.97 Å². The van der Waals surface area contributed by atoms with Crippen LogP contribution in [-0.4, -0.2) is 47.4 Å². The van der Waals surface area contributed by atoms with Gasteiger partial charge in [0.15, 0.2) is 0 Å². The molecule has 0 aliphatic carbocycles. The molecule has 6 heteroatoms. The van der Waals surface area contributed by atoms with E-state index in [1.54, 1.807) is 6.08 Å². The van der Waals surface area contributed by atoms with E-state index in [4.69, 9.17) is 4.74 Å². The first kappa shape index (κ1) is 77.1. The fraction of sp³-hybridized carbons (Fsp3) is 0.890. The molecular weight excluding hydrogens is 971 g/mol. The summed E-state index contributed by atoms with van der Waals surface area (Å²) in [7, 11) is 0. The largest absolute Gasteiger partial charge is 0.466 e. The first-order valence-corrected chi connectivity index (χ1v) is 35.8. The summed E-state index contributed by atoms with van der Waals surface area (Å²) in [5.74, 6) is -0.0824. The van der Waals surface area contributed by atoms with Crippen molar-refractivity contribution in [1.82, 2.24) is 5.32 Å². The lowest BCUT2D eigenvalue weighted by atomic mass is 10.0. The monoisotopic (exact) mass is 1110 g/mol. The number of amides is 1. The Labute approximate surface area is 494 Å². The standard InChI is InChI=1S/C73H139NO5/c1-3-5-7-9-11-13-15-17-19-21-23-24-25-26-27-30-33-37-41-45-49-53-57-61-65-71(76)70(69-75)74-72(77)66-62-58-54-50-46-42-38-34-31-28-32-36-40-44-48-52-56-60-64-68-79-73(78)67-63-59-55-51-47-43-39-35-29-22-20-18-16-14-12-10-8-6-4-2/h36,40,44,48,61,65,70-71,75-76H,3-35,37-39,41-43,45-47,49-60,62-64,66-69H2,1-2H3,(H,74,77)/b40-36-,48-44-,65-61+. The molecule has 2 atom stereocenters. The number of carbonyl (C=O) groups is 2. The number of hydrogen-bond acceptors (Lipinski definition) is 5. The average molecular weight is 1110 g/mol. The highest BCUT2D eigenvalue weighted by Crippen LogP contribution is 2.19. The molecule has 466 valence electrons. The quantitative estimate of drug-likeness (QED) is 0.0244. The number of ether oxygens (including phenoxy) is 1. The lowest BCUT2D eigenvalue weighted by Crippen LogP contribution is -2.45. The molecule has 0 aromatic rings. The molecule has 0 radical (unpaired) electrons. The van der Waals surface area contributed by atoms with Crippen molar-refractivity contribution in [2.75, 3.05) is 13.2 Å². The van der Waals surface area contributed by atoms with Gasteiger partial charge in [-0.2, -0.15) is 0 Å². The number of carbonyl (C=O) groups excluding carboxylic acids is 2. The molecule has 0 rings (SSSR count). The van der Waals surface area contributed by atoms with E-state index in [1.165, 1.54) is 289 Å². The number of rotatable bonds is 67. The topological polar surface area (TPSA) is 95.9 Å². The molecule has 0 saturated heterocycles. The number of aliphatic hydroxyl groups is 2. The summed E-state index contributed by atoms with van der Waals surface area (Å²) in [6.45, 7) is 4.91. The van der Waals surface area contributed by atoms with Crippen LogP contribution in [0.5, 0.6) is 0 Å². The zero-order valence-corrected chi connectivity index (χ0v) is 53.4. The van der Waals surface area contributed by atoms with Crippen molar-refractivity contribution in [3.63, 3.8) is 0 Å². The van der Waals surface area contributed by atoms with E-state index < -0.39 is 12.1 Å². The molecule has 2 unspecified atom stereocenters. The second-order valence-corrected chi connectivity index (χ2v) is 24.6. The summed E-state index contributed by atoms with van der Waals surface area (Å²) >= 11 is 0. The Balaban J connectivity index is 3.47. The minimum Gasteiger partial charge on any atom is -0.466 e. The van der Waals surface area contributed by atoms with Crippen LogP contribution in [0.3, 0.4) is 0 Å². The van der Waals surface area contributed by atoms with E-state index >= 15 is 0 Å². The van der Waals surface area contributed by atoms with Crippen molar-refractivity contribution < 1.29 is 24.5 Å². The van der Waals surface area contributed by atoms with Gasteiger partial charge in [-0.25, -0.2) is 0 Å². The molecule has 0 aliphatic heterocycles. The molecule has 0 aliphatic rings. The third-order valence-electron chi connectivity index (χ3n) is 16.7. The van der Waals surface area contributed by atoms with Crippen LogP contribution < -0.4 is 5.32 Å². The van der Waals surface area contributed by atoms with E-state index in [0.29, 0.717) is 19.4 Å². The van der Waals surface area contributed by atoms with Gasteiger partial charge in [0.2, 0.25) is 5.91 Å². The van der Waals surface area contributed by atoms with Crippen LogP contribution in [0.1, 0.15) is 393 Å². The maximum atomic E-state index is 12.5. The smallest absolute Gasteiger partial charge is 0.305 e. The summed E-state index contributed by atoms with van der Waals surface area (Å²) in [5, 5.41) is 23.3. The first-order valence-electron chi connectivity index (χ1n) is 35.8. The fourth-order valence-electron chi connectivity index (χ4n) is 11.2. The van der Waals surface area contributed by atoms with Gasteiger partial charge in [0, 0.05) is 12.8 Å². The zero-order valence-electron chi connectivity index (χ0n) is 53.4. The highest BCUT2D eigenvalue weighted by molar-refractivity contribution is 5.76. The molecule has 0 fully saturated rings. The predicted octanol–water partition coefficient (Wildman–Crippen LogP) is 23.1. The third kappa shape index (κ3) is 65.1. The average Bonchev–Trinajstić information content (AvgIpc) is 3.45. The second-order valence-electron chi connectivity index (χ2n) is 24.6. The van der Waals surface area contributed by atoms with Crippen molar-refractivity contribution in [3.8, 4) is 0 Å². The van der Waals surface area contributed by atoms with E-state index in [-0.39, 0.29) is 18.5 Å². The fourth-order valence-corrected chi connectivity index (χ4v) is 11.2. The molecule has 79 heavy (non-hydrogen) atoms. The Morgan fingerprint density at radius 1 is 0.354 bits per heavy atom. The Bertz CT molecular complexity index is 1280. The summed E-state index contributed by atoms with van der Waals surface area (Å²) in [6, 6.07) is -0.638. The Morgan fingerprint density at radius 2 is 0.620 bits per heavy atom. The minimum atomic E-state index is -0.853. The first-order chi connectivity index (χ1) is 39.0. The van der Waals surface area contributed by atoms with Gasteiger partial charge in [-0.3, -0.25) is 9.59 Å². The molecule has 6 nitrogen and oxygen atoms in total. The Hall–Kier alpha value is -1.92. The molecule has 0 spiro atoms. The van der Waals surface area contributed by atoms with Gasteiger partial charge < -0.3 is 20.3 Å². The molecular formula is C73H139NO5. The molecule has 3 N–H and O–H groups in total. The summed E-state index contributed by atoms with van der Waals surface area (Å²) in [6.07, 6.45) is 87.9. The van der Waals surface area contributed by atoms with Gasteiger partial charge in [0.25, 0.3) is 0 Å². The molecule has 0 aromatic carbocycles. The SMILES string of the molecule is CCCCCCCCCCCCCCCCCCCCCCCC/C=C/C(O)C(CO)NC(=O)CCCCCCCCCCCC/C=C\C=C/CCCCCOC(=O)CCCCCCCCCCCCCCCCCCCCC. The van der Waals surface area contributed by atoms with Gasteiger partial charge in [0.1, 0.15) is 0 Å². The van der Waals surface area contributed by atoms with Crippen LogP contribution in [-0.2, 0) is 14.3 Å². The van der Waals surface area contributed by atoms with Crippen molar-refractivity contribution >= 4 is 11.9 Å². The van der Waals surface area contributed by atoms with Crippen LogP contribution in [0.4, 0.5) is 0 Å². The van der Waals surface area contributed by atoms with Crippen LogP contribution in [0.15, 0.2) is 36.5 Å². The van der Waals surface area contributed by atoms with Crippen LogP contribution in [0.25, 0.3) is 0 Å². The number of esters is 1. The normalized spacial score (nSPS) is 12.7. The molecule has 1 amide bonds. The van der Waals surface area contributed by atoms with Gasteiger partial charge in [-0.15, -0.1) is 0 Å². The predicted molar refractivity (Wildman–Crippen MR) is 347 cm³/mol. The van der Waals surface area contributed by atoms with Crippen LogP contribution in [0.2, 0.25) is 0 Å². The van der Waals surface area contributed by atoms with Gasteiger partial charge in [-0.1, -0.05) is 352 Å². The van der Waals surface area contributed by atoms with Crippen molar-refractivity contribution in [2.24, 2.45) is 0 Å². The Morgan fingerprint density at radius 3 is 0.937 bits per heavy atom. The number of hydrogen-bond donors (Lipinski definition) is 3. The zero-order chi connectivity index (χ0) is 57.1. The third-order valence-corrected chi connectivity index (χ3v) is 16.7. The van der Waals surface area contributed by atoms with Gasteiger partial charge in [-0.05, 0) is 64.2 Å². The highest BCUT2D eigenvalue weighted by Gasteiger charge is 2.18. The van der Waals surface area contributed by atoms with Crippen LogP contribution in [0, 0.1) is 0 Å². The molecule has 0 aromatic heterocycles.